The number of halogens is 1. The molecule has 0 bridgehead atoms. The van der Waals surface area contributed by atoms with Gasteiger partial charge in [0.25, 0.3) is 5.91 Å². The molecule has 2 fully saturated rings. The number of carbonyl (C=O) groups excluding carboxylic acids is 1. The first-order chi connectivity index (χ1) is 9.06. The molecule has 2 aliphatic rings. The highest BCUT2D eigenvalue weighted by molar-refractivity contribution is 9.10. The second-order valence-electron chi connectivity index (χ2n) is 5.84. The van der Waals surface area contributed by atoms with Crippen LogP contribution < -0.4 is 5.73 Å². The molecule has 19 heavy (non-hydrogen) atoms. The van der Waals surface area contributed by atoms with Crippen molar-refractivity contribution < 1.29 is 4.79 Å². The summed E-state index contributed by atoms with van der Waals surface area (Å²) in [7, 11) is 0. The number of nitrogens with zero attached hydrogens (tertiary/aromatic N) is 1. The van der Waals surface area contributed by atoms with Gasteiger partial charge in [0.05, 0.1) is 0 Å². The zero-order valence-electron chi connectivity index (χ0n) is 11.1. The molecule has 1 heterocycles. The SMILES string of the molecule is Cc1ccc(C(=O)N2CC3CCC(N)C3C2)cc1Br. The zero-order valence-corrected chi connectivity index (χ0v) is 12.7. The molecular formula is C15H19BrN2O. The van der Waals surface area contributed by atoms with E-state index in [1.54, 1.807) is 0 Å². The van der Waals surface area contributed by atoms with Gasteiger partial charge in [-0.05, 0) is 49.3 Å². The van der Waals surface area contributed by atoms with Crippen LogP contribution in [-0.4, -0.2) is 29.9 Å². The van der Waals surface area contributed by atoms with E-state index in [0.29, 0.717) is 11.8 Å². The molecule has 1 amide bonds. The molecule has 102 valence electrons. The van der Waals surface area contributed by atoms with E-state index in [2.05, 4.69) is 15.9 Å². The van der Waals surface area contributed by atoms with Crippen LogP contribution >= 0.6 is 15.9 Å². The monoisotopic (exact) mass is 322 g/mol. The van der Waals surface area contributed by atoms with Crippen LogP contribution in [0.15, 0.2) is 22.7 Å². The van der Waals surface area contributed by atoms with E-state index in [4.69, 9.17) is 5.73 Å². The lowest BCUT2D eigenvalue weighted by Gasteiger charge is -2.19. The van der Waals surface area contributed by atoms with Crippen LogP contribution in [0.3, 0.4) is 0 Å². The predicted octanol–water partition coefficient (Wildman–Crippen LogP) is 2.57. The summed E-state index contributed by atoms with van der Waals surface area (Å²) in [5, 5.41) is 0. The Morgan fingerprint density at radius 3 is 2.84 bits per heavy atom. The molecular weight excluding hydrogens is 304 g/mol. The van der Waals surface area contributed by atoms with Crippen molar-refractivity contribution in [2.75, 3.05) is 13.1 Å². The van der Waals surface area contributed by atoms with Crippen molar-refractivity contribution in [2.45, 2.75) is 25.8 Å². The van der Waals surface area contributed by atoms with Crippen LogP contribution in [0, 0.1) is 18.8 Å². The van der Waals surface area contributed by atoms with E-state index in [0.717, 1.165) is 35.1 Å². The number of amides is 1. The summed E-state index contributed by atoms with van der Waals surface area (Å²) in [4.78, 5) is 14.5. The van der Waals surface area contributed by atoms with E-state index < -0.39 is 0 Å². The minimum atomic E-state index is 0.141. The first kappa shape index (κ1) is 13.1. The quantitative estimate of drug-likeness (QED) is 0.863. The Morgan fingerprint density at radius 1 is 1.37 bits per heavy atom. The third-order valence-corrected chi connectivity index (χ3v) is 5.47. The van der Waals surface area contributed by atoms with E-state index in [9.17, 15) is 4.79 Å². The molecule has 3 rings (SSSR count). The average molecular weight is 323 g/mol. The number of nitrogens with two attached hydrogens (primary N) is 1. The lowest BCUT2D eigenvalue weighted by atomic mass is 9.98. The molecule has 2 N–H and O–H groups in total. The molecule has 3 atom stereocenters. The number of aryl methyl sites for hydroxylation is 1. The van der Waals surface area contributed by atoms with E-state index >= 15 is 0 Å². The Hall–Kier alpha value is -0.870. The summed E-state index contributed by atoms with van der Waals surface area (Å²) in [6, 6.07) is 6.11. The van der Waals surface area contributed by atoms with Crippen molar-refractivity contribution >= 4 is 21.8 Å². The van der Waals surface area contributed by atoms with Gasteiger partial charge in [0, 0.05) is 29.2 Å². The third-order valence-electron chi connectivity index (χ3n) is 4.62. The minimum absolute atomic E-state index is 0.141. The van der Waals surface area contributed by atoms with Gasteiger partial charge in [0.1, 0.15) is 0 Å². The third kappa shape index (κ3) is 2.32. The first-order valence-corrected chi connectivity index (χ1v) is 7.66. The van der Waals surface area contributed by atoms with Crippen LogP contribution in [0.5, 0.6) is 0 Å². The average Bonchev–Trinajstić information content (AvgIpc) is 2.95. The molecule has 1 aliphatic carbocycles. The first-order valence-electron chi connectivity index (χ1n) is 6.87. The number of fused-ring (bicyclic) bond motifs is 1. The number of rotatable bonds is 1. The van der Waals surface area contributed by atoms with E-state index in [-0.39, 0.29) is 11.9 Å². The second-order valence-corrected chi connectivity index (χ2v) is 6.69. The highest BCUT2D eigenvalue weighted by Gasteiger charge is 2.42. The number of hydrogen-bond donors (Lipinski definition) is 1. The molecule has 1 saturated heterocycles. The molecule has 1 aromatic rings. The summed E-state index contributed by atoms with van der Waals surface area (Å²) in [5.74, 6) is 1.27. The normalized spacial score (nSPS) is 29.6. The number of likely N-dealkylation sites (tertiary alicyclic amines) is 1. The van der Waals surface area contributed by atoms with Gasteiger partial charge in [-0.3, -0.25) is 4.79 Å². The summed E-state index contributed by atoms with van der Waals surface area (Å²) in [6.07, 6.45) is 2.29. The van der Waals surface area contributed by atoms with Gasteiger partial charge in [-0.25, -0.2) is 0 Å². The smallest absolute Gasteiger partial charge is 0.253 e. The Bertz CT molecular complexity index is 517. The van der Waals surface area contributed by atoms with E-state index in [1.165, 1.54) is 6.42 Å². The Kier molecular flexibility index (Phi) is 3.39. The molecule has 1 aliphatic heterocycles. The van der Waals surface area contributed by atoms with Gasteiger partial charge in [0.15, 0.2) is 0 Å². The van der Waals surface area contributed by atoms with Crippen LogP contribution in [0.4, 0.5) is 0 Å². The molecule has 0 radical (unpaired) electrons. The van der Waals surface area contributed by atoms with Crippen LogP contribution in [-0.2, 0) is 0 Å². The summed E-state index contributed by atoms with van der Waals surface area (Å²) in [6.45, 7) is 3.73. The number of benzene rings is 1. The van der Waals surface area contributed by atoms with Crippen molar-refractivity contribution in [1.82, 2.24) is 4.90 Å². The fraction of sp³-hybridized carbons (Fsp3) is 0.533. The summed E-state index contributed by atoms with van der Waals surface area (Å²) >= 11 is 3.49. The van der Waals surface area contributed by atoms with Crippen molar-refractivity contribution in [3.05, 3.63) is 33.8 Å². The largest absolute Gasteiger partial charge is 0.338 e. The highest BCUT2D eigenvalue weighted by Crippen LogP contribution is 2.37. The van der Waals surface area contributed by atoms with Gasteiger partial charge < -0.3 is 10.6 Å². The predicted molar refractivity (Wildman–Crippen MR) is 79.0 cm³/mol. The maximum absolute atomic E-state index is 12.5. The number of hydrogen-bond acceptors (Lipinski definition) is 2. The Morgan fingerprint density at radius 2 is 2.16 bits per heavy atom. The van der Waals surface area contributed by atoms with Crippen molar-refractivity contribution in [2.24, 2.45) is 17.6 Å². The molecule has 3 unspecified atom stereocenters. The lowest BCUT2D eigenvalue weighted by Crippen LogP contribution is -2.33. The van der Waals surface area contributed by atoms with Gasteiger partial charge >= 0.3 is 0 Å². The van der Waals surface area contributed by atoms with Crippen LogP contribution in [0.25, 0.3) is 0 Å². The minimum Gasteiger partial charge on any atom is -0.338 e. The Balaban J connectivity index is 1.76. The maximum Gasteiger partial charge on any atom is 0.253 e. The fourth-order valence-corrected chi connectivity index (χ4v) is 3.76. The highest BCUT2D eigenvalue weighted by atomic mass is 79.9. The fourth-order valence-electron chi connectivity index (χ4n) is 3.38. The molecule has 1 aromatic carbocycles. The van der Waals surface area contributed by atoms with E-state index in [1.807, 2.05) is 30.0 Å². The van der Waals surface area contributed by atoms with Gasteiger partial charge in [-0.2, -0.15) is 0 Å². The summed E-state index contributed by atoms with van der Waals surface area (Å²) < 4.78 is 0.995. The second kappa shape index (κ2) is 4.91. The molecule has 0 aromatic heterocycles. The molecule has 0 spiro atoms. The Labute approximate surface area is 122 Å². The van der Waals surface area contributed by atoms with Crippen molar-refractivity contribution in [3.8, 4) is 0 Å². The summed E-state index contributed by atoms with van der Waals surface area (Å²) in [5.41, 5.74) is 8.04. The number of carbonyl (C=O) groups is 1. The standard InChI is InChI=1S/C15H19BrN2O/c1-9-2-3-10(6-13(9)16)15(19)18-7-11-4-5-14(17)12(11)8-18/h2-3,6,11-12,14H,4-5,7-8,17H2,1H3. The molecule has 3 nitrogen and oxygen atoms in total. The van der Waals surface area contributed by atoms with Gasteiger partial charge in [0.2, 0.25) is 0 Å². The zero-order chi connectivity index (χ0) is 13.6. The van der Waals surface area contributed by atoms with Gasteiger partial charge in [-0.1, -0.05) is 22.0 Å². The molecule has 4 heteroatoms. The van der Waals surface area contributed by atoms with Crippen LogP contribution in [0.2, 0.25) is 0 Å². The maximum atomic E-state index is 12.5. The van der Waals surface area contributed by atoms with Crippen LogP contribution in [0.1, 0.15) is 28.8 Å². The van der Waals surface area contributed by atoms with Gasteiger partial charge in [-0.15, -0.1) is 0 Å². The van der Waals surface area contributed by atoms with Crippen molar-refractivity contribution in [1.29, 1.82) is 0 Å². The van der Waals surface area contributed by atoms with Crippen molar-refractivity contribution in [3.63, 3.8) is 0 Å². The topological polar surface area (TPSA) is 46.3 Å². The molecule has 1 saturated carbocycles. The lowest BCUT2D eigenvalue weighted by molar-refractivity contribution is 0.0779.